The number of aromatic amines is 1. The summed E-state index contributed by atoms with van der Waals surface area (Å²) >= 11 is 12.5. The van der Waals surface area contributed by atoms with Crippen LogP contribution in [0.2, 0.25) is 10.0 Å². The van der Waals surface area contributed by atoms with E-state index in [-0.39, 0.29) is 30.0 Å². The molecule has 1 aromatic heterocycles. The highest BCUT2D eigenvalue weighted by molar-refractivity contribution is 6.39. The van der Waals surface area contributed by atoms with Crippen molar-refractivity contribution in [3.63, 3.8) is 0 Å². The molecule has 1 saturated carbocycles. The molecule has 0 spiro atoms. The molecular formula is C24H27Cl2N5O5. The van der Waals surface area contributed by atoms with Gasteiger partial charge < -0.3 is 25.6 Å². The Morgan fingerprint density at radius 2 is 1.97 bits per heavy atom. The number of likely N-dealkylation sites (tertiary alicyclic amines) is 1. The number of aliphatic hydroxyl groups is 1. The highest BCUT2D eigenvalue weighted by Crippen LogP contribution is 2.43. The van der Waals surface area contributed by atoms with Crippen molar-refractivity contribution in [3.05, 3.63) is 28.0 Å². The number of Topliss-reactive ketones (excluding diaryl/α,β-unsaturated/α-hetero) is 1. The molecule has 2 aromatic rings. The summed E-state index contributed by atoms with van der Waals surface area (Å²) in [7, 11) is 0. The molecule has 4 N–H and O–H groups in total. The minimum atomic E-state index is -1.02. The summed E-state index contributed by atoms with van der Waals surface area (Å²) in [5.74, 6) is -1.93. The highest BCUT2D eigenvalue weighted by atomic mass is 35.5. The minimum absolute atomic E-state index is 0.0309. The van der Waals surface area contributed by atoms with Gasteiger partial charge in [0, 0.05) is 19.0 Å². The molecule has 3 heterocycles. The standard InChI is InChI=1S/C24H27Cl2N5O5/c25-14-4-5-15(26)19-18(14)29-21(30-19)24(36)31-9-12-2-1-3-13(12)20(31)23(35)28-16(17(33)10-32)8-11-6-7-27-22(11)34/h4-5,11-13,16,20,32H,1-3,6-10H2,(H,27,34)(H,28,35)(H,29,30)/t11-,12-,13-,16?,20-/m0/s1. The van der Waals surface area contributed by atoms with Crippen LogP contribution in [0, 0.1) is 17.8 Å². The lowest BCUT2D eigenvalue weighted by Gasteiger charge is -2.28. The Hall–Kier alpha value is -2.69. The lowest BCUT2D eigenvalue weighted by atomic mass is 9.92. The third-order valence-corrected chi connectivity index (χ3v) is 8.33. The molecule has 12 heteroatoms. The summed E-state index contributed by atoms with van der Waals surface area (Å²) in [5.41, 5.74) is 0.813. The Bertz CT molecular complexity index is 1190. The molecule has 5 rings (SSSR count). The number of fused-ring (bicyclic) bond motifs is 2. The van der Waals surface area contributed by atoms with Gasteiger partial charge in [0.05, 0.1) is 21.6 Å². The van der Waals surface area contributed by atoms with E-state index in [9.17, 15) is 24.3 Å². The van der Waals surface area contributed by atoms with Gasteiger partial charge in [-0.1, -0.05) is 29.6 Å². The normalized spacial score (nSPS) is 26.2. The van der Waals surface area contributed by atoms with Gasteiger partial charge in [0.2, 0.25) is 11.8 Å². The van der Waals surface area contributed by atoms with Crippen LogP contribution in [-0.4, -0.2) is 75.3 Å². The molecule has 5 atom stereocenters. The Labute approximate surface area is 217 Å². The molecular weight excluding hydrogens is 509 g/mol. The summed E-state index contributed by atoms with van der Waals surface area (Å²) in [5, 5.41) is 15.7. The molecule has 3 aliphatic rings. The monoisotopic (exact) mass is 535 g/mol. The first-order valence-electron chi connectivity index (χ1n) is 12.1. The number of rotatable bonds is 7. The number of carbonyl (C=O) groups is 4. The number of nitrogens with zero attached hydrogens (tertiary/aromatic N) is 2. The van der Waals surface area contributed by atoms with E-state index in [1.54, 1.807) is 12.1 Å². The number of hydrogen-bond acceptors (Lipinski definition) is 6. The molecule has 0 radical (unpaired) electrons. The highest BCUT2D eigenvalue weighted by Gasteiger charge is 2.50. The van der Waals surface area contributed by atoms with Gasteiger partial charge in [-0.3, -0.25) is 19.2 Å². The Morgan fingerprint density at radius 1 is 1.19 bits per heavy atom. The number of amides is 3. The fraction of sp³-hybridized carbons (Fsp3) is 0.542. The number of benzene rings is 1. The predicted molar refractivity (Wildman–Crippen MR) is 132 cm³/mol. The van der Waals surface area contributed by atoms with Crippen molar-refractivity contribution in [1.82, 2.24) is 25.5 Å². The van der Waals surface area contributed by atoms with Crippen molar-refractivity contribution in [1.29, 1.82) is 0 Å². The van der Waals surface area contributed by atoms with Crippen LogP contribution in [0.3, 0.4) is 0 Å². The van der Waals surface area contributed by atoms with Crippen LogP contribution < -0.4 is 10.6 Å². The third-order valence-electron chi connectivity index (χ3n) is 7.71. The van der Waals surface area contributed by atoms with Gasteiger partial charge >= 0.3 is 0 Å². The number of H-pyrrole nitrogens is 1. The number of aromatic nitrogens is 2. The number of ketones is 1. The summed E-state index contributed by atoms with van der Waals surface area (Å²) in [4.78, 5) is 60.5. The van der Waals surface area contributed by atoms with E-state index >= 15 is 0 Å². The van der Waals surface area contributed by atoms with Gasteiger partial charge in [-0.05, 0) is 49.7 Å². The molecule has 2 aliphatic heterocycles. The van der Waals surface area contributed by atoms with Crippen LogP contribution in [0.5, 0.6) is 0 Å². The van der Waals surface area contributed by atoms with E-state index in [2.05, 4.69) is 20.6 Å². The smallest absolute Gasteiger partial charge is 0.290 e. The first-order valence-corrected chi connectivity index (χ1v) is 12.9. The summed E-state index contributed by atoms with van der Waals surface area (Å²) in [6.45, 7) is 0.153. The van der Waals surface area contributed by atoms with Gasteiger partial charge in [0.1, 0.15) is 18.2 Å². The van der Waals surface area contributed by atoms with Crippen LogP contribution in [0.1, 0.15) is 42.7 Å². The minimum Gasteiger partial charge on any atom is -0.389 e. The maximum absolute atomic E-state index is 13.6. The lowest BCUT2D eigenvalue weighted by Crippen LogP contribution is -2.53. The van der Waals surface area contributed by atoms with Crippen LogP contribution >= 0.6 is 23.2 Å². The Morgan fingerprint density at radius 3 is 2.67 bits per heavy atom. The molecule has 3 amide bonds. The van der Waals surface area contributed by atoms with E-state index in [0.29, 0.717) is 40.6 Å². The zero-order chi connectivity index (χ0) is 25.6. The van der Waals surface area contributed by atoms with E-state index < -0.39 is 42.2 Å². The van der Waals surface area contributed by atoms with Crippen molar-refractivity contribution in [3.8, 4) is 0 Å². The zero-order valence-corrected chi connectivity index (χ0v) is 20.9. The Kier molecular flexibility index (Phi) is 6.93. The van der Waals surface area contributed by atoms with Crippen LogP contribution in [0.4, 0.5) is 0 Å². The lowest BCUT2D eigenvalue weighted by molar-refractivity contribution is -0.133. The van der Waals surface area contributed by atoms with Crippen LogP contribution in [0.15, 0.2) is 12.1 Å². The van der Waals surface area contributed by atoms with E-state index in [1.807, 2.05) is 0 Å². The first kappa shape index (κ1) is 25.0. The van der Waals surface area contributed by atoms with Gasteiger partial charge in [-0.15, -0.1) is 0 Å². The van der Waals surface area contributed by atoms with Crippen molar-refractivity contribution in [2.45, 2.75) is 44.2 Å². The molecule has 1 unspecified atom stereocenters. The number of imidazole rings is 1. The van der Waals surface area contributed by atoms with Gasteiger partial charge in [-0.2, -0.15) is 0 Å². The van der Waals surface area contributed by atoms with Gasteiger partial charge in [0.15, 0.2) is 11.6 Å². The summed E-state index contributed by atoms with van der Waals surface area (Å²) in [6, 6.07) is 1.40. The number of hydrogen-bond donors (Lipinski definition) is 4. The van der Waals surface area contributed by atoms with E-state index in [4.69, 9.17) is 23.2 Å². The summed E-state index contributed by atoms with van der Waals surface area (Å²) in [6.07, 6.45) is 3.30. The van der Waals surface area contributed by atoms with Crippen molar-refractivity contribution >= 4 is 57.7 Å². The predicted octanol–water partition coefficient (Wildman–Crippen LogP) is 1.68. The molecule has 10 nitrogen and oxygen atoms in total. The molecule has 0 bridgehead atoms. The van der Waals surface area contributed by atoms with Crippen molar-refractivity contribution in [2.24, 2.45) is 17.8 Å². The fourth-order valence-electron chi connectivity index (χ4n) is 5.91. The van der Waals surface area contributed by atoms with Crippen LogP contribution in [-0.2, 0) is 14.4 Å². The van der Waals surface area contributed by atoms with Crippen molar-refractivity contribution < 1.29 is 24.3 Å². The molecule has 3 fully saturated rings. The fourth-order valence-corrected chi connectivity index (χ4v) is 6.31. The number of aliphatic hydroxyl groups excluding tert-OH is 1. The SMILES string of the molecule is O=C(CO)C(C[C@@H]1CCNC1=O)NC(=O)[C@@H]1[C@H]2CCC[C@H]2CN1C(=O)c1nc2c(Cl)ccc(Cl)c2[nH]1. The topological polar surface area (TPSA) is 144 Å². The molecule has 1 aliphatic carbocycles. The molecule has 36 heavy (non-hydrogen) atoms. The molecule has 192 valence electrons. The van der Waals surface area contributed by atoms with E-state index in [0.717, 1.165) is 19.3 Å². The van der Waals surface area contributed by atoms with Gasteiger partial charge in [-0.25, -0.2) is 4.98 Å². The van der Waals surface area contributed by atoms with Crippen molar-refractivity contribution in [2.75, 3.05) is 19.7 Å². The second kappa shape index (κ2) is 9.99. The maximum Gasteiger partial charge on any atom is 0.290 e. The molecule has 2 saturated heterocycles. The van der Waals surface area contributed by atoms with E-state index in [1.165, 1.54) is 4.90 Å². The largest absolute Gasteiger partial charge is 0.389 e. The Balaban J connectivity index is 1.40. The zero-order valence-electron chi connectivity index (χ0n) is 19.4. The maximum atomic E-state index is 13.6. The third kappa shape index (κ3) is 4.46. The average molecular weight is 536 g/mol. The number of carbonyl (C=O) groups excluding carboxylic acids is 4. The summed E-state index contributed by atoms with van der Waals surface area (Å²) < 4.78 is 0. The van der Waals surface area contributed by atoms with Crippen LogP contribution in [0.25, 0.3) is 11.0 Å². The quantitative estimate of drug-likeness (QED) is 0.424. The second-order valence-corrected chi connectivity index (χ2v) is 10.6. The van der Waals surface area contributed by atoms with Gasteiger partial charge in [0.25, 0.3) is 5.91 Å². The first-order chi connectivity index (χ1) is 17.3. The number of nitrogens with one attached hydrogen (secondary N) is 3. The average Bonchev–Trinajstić information content (AvgIpc) is 3.64. The molecule has 1 aromatic carbocycles. The second-order valence-electron chi connectivity index (χ2n) is 9.79. The number of halogens is 2.